The summed E-state index contributed by atoms with van der Waals surface area (Å²) in [6.45, 7) is 0.653. The predicted octanol–water partition coefficient (Wildman–Crippen LogP) is 3.95. The van der Waals surface area contributed by atoms with Gasteiger partial charge in [0.05, 0.1) is 24.3 Å². The van der Waals surface area contributed by atoms with E-state index in [4.69, 9.17) is 10.5 Å². The number of aromatic nitrogens is 2. The molecule has 0 aliphatic heterocycles. The number of hydrogen-bond donors (Lipinski definition) is 1. The van der Waals surface area contributed by atoms with Crippen LogP contribution in [0.25, 0.3) is 11.1 Å². The van der Waals surface area contributed by atoms with Gasteiger partial charge in [0, 0.05) is 5.56 Å². The van der Waals surface area contributed by atoms with Gasteiger partial charge in [-0.1, -0.05) is 36.4 Å². The highest BCUT2D eigenvalue weighted by Gasteiger charge is 2.12. The van der Waals surface area contributed by atoms with Gasteiger partial charge in [0.25, 0.3) is 0 Å². The van der Waals surface area contributed by atoms with Crippen molar-refractivity contribution in [3.05, 3.63) is 64.8 Å². The third-order valence-corrected chi connectivity index (χ3v) is 4.17. The first-order valence-electron chi connectivity index (χ1n) is 6.88. The number of nitrogen functional groups attached to an aromatic ring is 1. The summed E-state index contributed by atoms with van der Waals surface area (Å²) in [5, 5.41) is 4.40. The largest absolute Gasteiger partial charge is 0.496 e. The Kier molecular flexibility index (Phi) is 4.15. The molecule has 0 radical (unpaired) electrons. The Labute approximate surface area is 137 Å². The second-order valence-corrected chi connectivity index (χ2v) is 5.79. The van der Waals surface area contributed by atoms with E-state index in [0.717, 1.165) is 26.9 Å². The van der Waals surface area contributed by atoms with Gasteiger partial charge in [-0.3, -0.25) is 0 Å². The summed E-state index contributed by atoms with van der Waals surface area (Å²) in [5.74, 6) is 1.42. The monoisotopic (exact) mass is 357 g/mol. The normalized spacial score (nSPS) is 10.6. The number of nitrogens with zero attached hydrogens (tertiary/aromatic N) is 2. The van der Waals surface area contributed by atoms with Crippen molar-refractivity contribution in [2.24, 2.45) is 0 Å². The molecule has 0 atom stereocenters. The molecule has 5 heteroatoms. The Morgan fingerprint density at radius 3 is 2.68 bits per heavy atom. The quantitative estimate of drug-likeness (QED) is 0.768. The molecular weight excluding hydrogens is 342 g/mol. The van der Waals surface area contributed by atoms with Crippen LogP contribution in [0.15, 0.2) is 59.2 Å². The number of hydrogen-bond acceptors (Lipinski definition) is 3. The zero-order chi connectivity index (χ0) is 15.5. The van der Waals surface area contributed by atoms with E-state index in [9.17, 15) is 0 Å². The van der Waals surface area contributed by atoms with Crippen LogP contribution in [0.3, 0.4) is 0 Å². The summed E-state index contributed by atoms with van der Waals surface area (Å²) in [7, 11) is 1.64. The van der Waals surface area contributed by atoms with E-state index in [1.807, 2.05) is 36.4 Å². The fourth-order valence-corrected chi connectivity index (χ4v) is 2.74. The van der Waals surface area contributed by atoms with Gasteiger partial charge in [0.1, 0.15) is 11.6 Å². The van der Waals surface area contributed by atoms with Crippen LogP contribution in [0.5, 0.6) is 5.75 Å². The van der Waals surface area contributed by atoms with Crippen molar-refractivity contribution >= 4 is 21.7 Å². The number of halogens is 1. The first kappa shape index (κ1) is 14.7. The van der Waals surface area contributed by atoms with Gasteiger partial charge < -0.3 is 10.5 Å². The highest BCUT2D eigenvalue weighted by Crippen LogP contribution is 2.33. The third-order valence-electron chi connectivity index (χ3n) is 3.52. The van der Waals surface area contributed by atoms with Crippen LogP contribution in [-0.4, -0.2) is 16.9 Å². The maximum Gasteiger partial charge on any atom is 0.133 e. The van der Waals surface area contributed by atoms with E-state index >= 15 is 0 Å². The highest BCUT2D eigenvalue weighted by molar-refractivity contribution is 9.10. The molecule has 0 saturated heterocycles. The molecule has 4 nitrogen and oxygen atoms in total. The Balaban J connectivity index is 1.93. The maximum absolute atomic E-state index is 6.26. The van der Waals surface area contributed by atoms with E-state index < -0.39 is 0 Å². The standard InChI is InChI=1S/C17H16BrN3O/c1-22-16-9-13(7-8-15(16)18)14-10-20-21(17(14)19)11-12-5-3-2-4-6-12/h2-10H,11,19H2,1H3. The predicted molar refractivity (Wildman–Crippen MR) is 91.9 cm³/mol. The van der Waals surface area contributed by atoms with E-state index in [1.54, 1.807) is 18.0 Å². The van der Waals surface area contributed by atoms with Crippen LogP contribution in [-0.2, 0) is 6.54 Å². The molecule has 1 aromatic heterocycles. The molecule has 112 valence electrons. The molecule has 0 saturated carbocycles. The van der Waals surface area contributed by atoms with Crippen molar-refractivity contribution in [3.8, 4) is 16.9 Å². The first-order chi connectivity index (χ1) is 10.7. The third kappa shape index (κ3) is 2.85. The lowest BCUT2D eigenvalue weighted by molar-refractivity contribution is 0.412. The number of benzene rings is 2. The molecule has 0 spiro atoms. The summed E-state index contributed by atoms with van der Waals surface area (Å²) in [6, 6.07) is 16.0. The Hall–Kier alpha value is -2.27. The molecule has 2 aromatic carbocycles. The molecule has 3 aromatic rings. The van der Waals surface area contributed by atoms with Crippen molar-refractivity contribution in [3.63, 3.8) is 0 Å². The Morgan fingerprint density at radius 1 is 1.18 bits per heavy atom. The average Bonchev–Trinajstić information content (AvgIpc) is 2.90. The fourth-order valence-electron chi connectivity index (χ4n) is 2.33. The first-order valence-corrected chi connectivity index (χ1v) is 7.67. The number of nitrogens with two attached hydrogens (primary N) is 1. The van der Waals surface area contributed by atoms with Crippen molar-refractivity contribution < 1.29 is 4.74 Å². The number of methoxy groups -OCH3 is 1. The van der Waals surface area contributed by atoms with Crippen LogP contribution in [0.1, 0.15) is 5.56 Å². The van der Waals surface area contributed by atoms with E-state index in [0.29, 0.717) is 12.4 Å². The van der Waals surface area contributed by atoms with Crippen molar-refractivity contribution in [2.75, 3.05) is 12.8 Å². The van der Waals surface area contributed by atoms with Gasteiger partial charge in [-0.2, -0.15) is 5.10 Å². The van der Waals surface area contributed by atoms with Gasteiger partial charge in [0.15, 0.2) is 0 Å². The van der Waals surface area contributed by atoms with Crippen molar-refractivity contribution in [1.29, 1.82) is 0 Å². The van der Waals surface area contributed by atoms with Gasteiger partial charge in [-0.15, -0.1) is 0 Å². The zero-order valence-corrected chi connectivity index (χ0v) is 13.7. The maximum atomic E-state index is 6.26. The summed E-state index contributed by atoms with van der Waals surface area (Å²) >= 11 is 3.45. The number of rotatable bonds is 4. The zero-order valence-electron chi connectivity index (χ0n) is 12.2. The van der Waals surface area contributed by atoms with Crippen LogP contribution in [0.4, 0.5) is 5.82 Å². The van der Waals surface area contributed by atoms with Crippen LogP contribution in [0.2, 0.25) is 0 Å². The second-order valence-electron chi connectivity index (χ2n) is 4.94. The average molecular weight is 358 g/mol. The van der Waals surface area contributed by atoms with Gasteiger partial charge in [-0.25, -0.2) is 4.68 Å². The topological polar surface area (TPSA) is 53.1 Å². The van der Waals surface area contributed by atoms with Gasteiger partial charge in [0.2, 0.25) is 0 Å². The summed E-state index contributed by atoms with van der Waals surface area (Å²) in [5.41, 5.74) is 9.31. The minimum atomic E-state index is 0.647. The van der Waals surface area contributed by atoms with Gasteiger partial charge in [-0.05, 0) is 39.2 Å². The Bertz CT molecular complexity index is 784. The minimum absolute atomic E-state index is 0.647. The summed E-state index contributed by atoms with van der Waals surface area (Å²) < 4.78 is 8.05. The molecule has 0 unspecified atom stereocenters. The van der Waals surface area contributed by atoms with E-state index in [2.05, 4.69) is 33.2 Å². The molecule has 0 aliphatic rings. The second kappa shape index (κ2) is 6.23. The minimum Gasteiger partial charge on any atom is -0.496 e. The molecule has 2 N–H and O–H groups in total. The number of ether oxygens (including phenoxy) is 1. The van der Waals surface area contributed by atoms with Crippen LogP contribution < -0.4 is 10.5 Å². The molecule has 0 fully saturated rings. The van der Waals surface area contributed by atoms with Crippen LogP contribution in [0, 0.1) is 0 Å². The summed E-state index contributed by atoms with van der Waals surface area (Å²) in [6.07, 6.45) is 1.79. The molecular formula is C17H16BrN3O. The lowest BCUT2D eigenvalue weighted by Crippen LogP contribution is -2.06. The Morgan fingerprint density at radius 2 is 1.95 bits per heavy atom. The van der Waals surface area contributed by atoms with E-state index in [-0.39, 0.29) is 0 Å². The fraction of sp³-hybridized carbons (Fsp3) is 0.118. The van der Waals surface area contributed by atoms with E-state index in [1.165, 1.54) is 0 Å². The molecule has 0 aliphatic carbocycles. The molecule has 22 heavy (non-hydrogen) atoms. The smallest absolute Gasteiger partial charge is 0.133 e. The molecule has 1 heterocycles. The van der Waals surface area contributed by atoms with Crippen molar-refractivity contribution in [2.45, 2.75) is 6.54 Å². The van der Waals surface area contributed by atoms with Gasteiger partial charge >= 0.3 is 0 Å². The van der Waals surface area contributed by atoms with Crippen molar-refractivity contribution in [1.82, 2.24) is 9.78 Å². The molecule has 3 rings (SSSR count). The lowest BCUT2D eigenvalue weighted by atomic mass is 10.1. The van der Waals surface area contributed by atoms with Crippen LogP contribution >= 0.6 is 15.9 Å². The molecule has 0 bridgehead atoms. The SMILES string of the molecule is COc1cc(-c2cnn(Cc3ccccc3)c2N)ccc1Br. The molecule has 0 amide bonds. The number of anilines is 1. The highest BCUT2D eigenvalue weighted by atomic mass is 79.9. The summed E-state index contributed by atoms with van der Waals surface area (Å²) in [4.78, 5) is 0. The lowest BCUT2D eigenvalue weighted by Gasteiger charge is -2.08.